The Bertz CT molecular complexity index is 1040. The number of carbonyl (C=O) groups excluding carboxylic acids is 1. The molecule has 0 unspecified atom stereocenters. The molecule has 1 aliphatic rings. The van der Waals surface area contributed by atoms with Gasteiger partial charge in [0.05, 0.1) is 23.6 Å². The van der Waals surface area contributed by atoms with Gasteiger partial charge in [-0.1, -0.05) is 48.2 Å². The number of carboxylic acids is 1. The summed E-state index contributed by atoms with van der Waals surface area (Å²) >= 11 is 2.40. The maximum absolute atomic E-state index is 13.3. The van der Waals surface area contributed by atoms with E-state index in [2.05, 4.69) is 22.0 Å². The van der Waals surface area contributed by atoms with Gasteiger partial charge < -0.3 is 19.5 Å². The van der Waals surface area contributed by atoms with E-state index in [-0.39, 0.29) is 31.0 Å². The number of halogens is 2. The smallest absolute Gasteiger partial charge is 0.387 e. The minimum atomic E-state index is -2.92. The molecule has 1 aromatic heterocycles. The van der Waals surface area contributed by atoms with E-state index < -0.39 is 17.3 Å². The summed E-state index contributed by atoms with van der Waals surface area (Å²) in [7, 11) is 0. The van der Waals surface area contributed by atoms with Crippen molar-refractivity contribution in [2.24, 2.45) is 5.92 Å². The lowest BCUT2D eigenvalue weighted by Crippen LogP contribution is -2.46. The fourth-order valence-electron chi connectivity index (χ4n) is 4.01. The number of thioether (sulfide) groups is 1. The number of thiazole rings is 1. The second kappa shape index (κ2) is 13.4. The first kappa shape index (κ1) is 29.1. The Morgan fingerprint density at radius 3 is 2.65 bits per heavy atom. The average molecular weight is 558 g/mol. The van der Waals surface area contributed by atoms with Gasteiger partial charge in [0.25, 0.3) is 0 Å². The summed E-state index contributed by atoms with van der Waals surface area (Å²) in [4.78, 5) is 30.7. The average Bonchev–Trinajstić information content (AvgIpc) is 3.26. The number of hydrogen-bond donors (Lipinski definition) is 2. The zero-order valence-corrected chi connectivity index (χ0v) is 22.7. The van der Waals surface area contributed by atoms with Gasteiger partial charge in [0, 0.05) is 18.2 Å². The Balaban J connectivity index is 1.61. The molecule has 1 fully saturated rings. The number of aromatic nitrogens is 1. The maximum atomic E-state index is 13.3. The van der Waals surface area contributed by atoms with Crippen molar-refractivity contribution in [1.82, 2.24) is 9.88 Å². The van der Waals surface area contributed by atoms with E-state index >= 15 is 0 Å². The van der Waals surface area contributed by atoms with E-state index in [1.165, 1.54) is 29.2 Å². The zero-order valence-electron chi connectivity index (χ0n) is 21.1. The van der Waals surface area contributed by atoms with Gasteiger partial charge in [-0.2, -0.15) is 8.78 Å². The summed E-state index contributed by atoms with van der Waals surface area (Å²) < 4.78 is 35.3. The van der Waals surface area contributed by atoms with E-state index in [0.717, 1.165) is 25.7 Å². The molecule has 204 valence electrons. The standard InChI is InChI=1S/C25H33F2N3O5S2/c1-16-8-10-18(11-9-16)30(12-13-34-15-17-6-4-5-7-19(17)35-22(26)27)24(33)29-23-28-14-20(36-23)37-25(2,3)21(31)32/h4-7,14,16,18,22H,8-13,15H2,1-3H3,(H,31,32)(H,28,29,33)/t16-,18-. The molecule has 1 saturated carbocycles. The van der Waals surface area contributed by atoms with Crippen LogP contribution in [-0.2, 0) is 16.1 Å². The SMILES string of the molecule is CC(C)(Sc1cnc(NC(=O)N(CCOCc2ccccc2OC(F)F)[C@H]2CC[C@H](C)CC2)s1)C(=O)O. The molecule has 0 bridgehead atoms. The van der Waals surface area contributed by atoms with Gasteiger partial charge in [0.2, 0.25) is 0 Å². The number of amides is 2. The van der Waals surface area contributed by atoms with Crippen molar-refractivity contribution in [2.45, 2.75) is 74.7 Å². The summed E-state index contributed by atoms with van der Waals surface area (Å²) in [5, 5.41) is 12.6. The van der Waals surface area contributed by atoms with Crippen molar-refractivity contribution >= 4 is 40.2 Å². The molecule has 1 heterocycles. The number of urea groups is 1. The number of carbonyl (C=O) groups is 2. The predicted octanol–water partition coefficient (Wildman–Crippen LogP) is 6.33. The summed E-state index contributed by atoms with van der Waals surface area (Å²) in [6.07, 6.45) is 5.37. The van der Waals surface area contributed by atoms with E-state index in [1.54, 1.807) is 43.1 Å². The first-order chi connectivity index (χ1) is 17.5. The Morgan fingerprint density at radius 1 is 1.27 bits per heavy atom. The monoisotopic (exact) mass is 557 g/mol. The highest BCUT2D eigenvalue weighted by atomic mass is 32.2. The quantitative estimate of drug-likeness (QED) is 0.232. The van der Waals surface area contributed by atoms with Crippen LogP contribution in [0.1, 0.15) is 52.0 Å². The number of carboxylic acid groups (broad SMARTS) is 1. The fourth-order valence-corrected chi connectivity index (χ4v) is 6.27. The van der Waals surface area contributed by atoms with Crippen LogP contribution in [0, 0.1) is 5.92 Å². The lowest BCUT2D eigenvalue weighted by Gasteiger charge is -2.36. The van der Waals surface area contributed by atoms with Crippen molar-refractivity contribution < 1.29 is 33.0 Å². The number of para-hydroxylation sites is 1. The molecule has 37 heavy (non-hydrogen) atoms. The second-order valence-corrected chi connectivity index (χ2v) is 12.4. The Hall–Kier alpha value is -2.44. The van der Waals surface area contributed by atoms with E-state index in [0.29, 0.717) is 27.4 Å². The minimum Gasteiger partial charge on any atom is -0.480 e. The van der Waals surface area contributed by atoms with E-state index in [9.17, 15) is 23.5 Å². The van der Waals surface area contributed by atoms with Crippen LogP contribution in [0.4, 0.5) is 18.7 Å². The van der Waals surface area contributed by atoms with Crippen molar-refractivity contribution in [3.05, 3.63) is 36.0 Å². The first-order valence-electron chi connectivity index (χ1n) is 12.1. The molecule has 0 spiro atoms. The molecule has 12 heteroatoms. The van der Waals surface area contributed by atoms with Gasteiger partial charge >= 0.3 is 18.6 Å². The highest BCUT2D eigenvalue weighted by Gasteiger charge is 2.30. The molecule has 0 saturated heterocycles. The summed E-state index contributed by atoms with van der Waals surface area (Å²) in [6, 6.07) is 6.21. The van der Waals surface area contributed by atoms with Gasteiger partial charge in [0.15, 0.2) is 5.13 Å². The Labute approximate surface area is 223 Å². The topological polar surface area (TPSA) is 101 Å². The summed E-state index contributed by atoms with van der Waals surface area (Å²) in [6.45, 7) is 3.12. The number of hydrogen-bond acceptors (Lipinski definition) is 7. The van der Waals surface area contributed by atoms with Crippen LogP contribution in [-0.4, -0.2) is 57.5 Å². The van der Waals surface area contributed by atoms with Gasteiger partial charge in [-0.15, -0.1) is 0 Å². The third kappa shape index (κ3) is 8.82. The van der Waals surface area contributed by atoms with E-state index in [4.69, 9.17) is 4.74 Å². The molecule has 2 amide bonds. The number of benzene rings is 1. The Kier molecular flexibility index (Phi) is 10.5. The molecular formula is C25H33F2N3O5S2. The summed E-state index contributed by atoms with van der Waals surface area (Å²) in [5.74, 6) is -0.255. The lowest BCUT2D eigenvalue weighted by molar-refractivity contribution is -0.138. The minimum absolute atomic E-state index is 0.0500. The normalized spacial score (nSPS) is 18.0. The number of aliphatic carboxylic acids is 1. The number of ether oxygens (including phenoxy) is 2. The highest BCUT2D eigenvalue weighted by Crippen LogP contribution is 2.37. The number of rotatable bonds is 12. The van der Waals surface area contributed by atoms with Crippen LogP contribution in [0.15, 0.2) is 34.7 Å². The summed E-state index contributed by atoms with van der Waals surface area (Å²) in [5.41, 5.74) is 0.502. The number of alkyl halides is 2. The van der Waals surface area contributed by atoms with Crippen molar-refractivity contribution in [2.75, 3.05) is 18.5 Å². The fraction of sp³-hybridized carbons (Fsp3) is 0.560. The van der Waals surface area contributed by atoms with Gasteiger partial charge in [-0.3, -0.25) is 10.1 Å². The molecule has 0 aliphatic heterocycles. The van der Waals surface area contributed by atoms with E-state index in [1.807, 2.05) is 0 Å². The molecular weight excluding hydrogens is 524 g/mol. The highest BCUT2D eigenvalue weighted by molar-refractivity contribution is 8.03. The van der Waals surface area contributed by atoms with Gasteiger partial charge in [-0.25, -0.2) is 9.78 Å². The second-order valence-electron chi connectivity index (χ2n) is 9.48. The Morgan fingerprint density at radius 2 is 1.97 bits per heavy atom. The van der Waals surface area contributed by atoms with Crippen LogP contribution in [0.5, 0.6) is 5.75 Å². The zero-order chi connectivity index (χ0) is 27.0. The molecule has 2 aromatic rings. The van der Waals surface area contributed by atoms with Crippen LogP contribution in [0.3, 0.4) is 0 Å². The van der Waals surface area contributed by atoms with Crippen LogP contribution in [0.25, 0.3) is 0 Å². The third-order valence-corrected chi connectivity index (χ3v) is 8.38. The molecule has 8 nitrogen and oxygen atoms in total. The number of nitrogens with zero attached hydrogens (tertiary/aromatic N) is 2. The first-order valence-corrected chi connectivity index (χ1v) is 13.7. The maximum Gasteiger partial charge on any atom is 0.387 e. The van der Waals surface area contributed by atoms with Gasteiger partial charge in [-0.05, 0) is 51.5 Å². The molecule has 0 radical (unpaired) electrons. The largest absolute Gasteiger partial charge is 0.480 e. The number of anilines is 1. The van der Waals surface area contributed by atoms with Crippen LogP contribution < -0.4 is 10.1 Å². The third-order valence-electron chi connectivity index (χ3n) is 6.18. The van der Waals surface area contributed by atoms with Crippen molar-refractivity contribution in [1.29, 1.82) is 0 Å². The molecule has 1 aromatic carbocycles. The predicted molar refractivity (Wildman–Crippen MR) is 140 cm³/mol. The number of nitrogens with one attached hydrogen (secondary N) is 1. The van der Waals surface area contributed by atoms with Crippen LogP contribution >= 0.6 is 23.1 Å². The molecule has 0 atom stereocenters. The molecule has 3 rings (SSSR count). The molecule has 2 N–H and O–H groups in total. The lowest BCUT2D eigenvalue weighted by atomic mass is 9.86. The molecule has 1 aliphatic carbocycles. The van der Waals surface area contributed by atoms with Crippen molar-refractivity contribution in [3.8, 4) is 5.75 Å². The van der Waals surface area contributed by atoms with Crippen LogP contribution in [0.2, 0.25) is 0 Å². The van der Waals surface area contributed by atoms with Crippen molar-refractivity contribution in [3.63, 3.8) is 0 Å². The van der Waals surface area contributed by atoms with Gasteiger partial charge in [0.1, 0.15) is 10.5 Å².